The van der Waals surface area contributed by atoms with Crippen LogP contribution in [0.4, 0.5) is 0 Å². The van der Waals surface area contributed by atoms with Crippen molar-refractivity contribution in [2.75, 3.05) is 0 Å². The molecule has 3 aromatic rings. The Kier molecular flexibility index (Phi) is 6.02. The predicted molar refractivity (Wildman–Crippen MR) is 124 cm³/mol. The van der Waals surface area contributed by atoms with E-state index in [0.29, 0.717) is 44.7 Å². The first kappa shape index (κ1) is 21.0. The Balaban J connectivity index is 1.58. The molecule has 0 atom stereocenters. The van der Waals surface area contributed by atoms with Gasteiger partial charge in [0, 0.05) is 11.1 Å². The number of hydrogen-bond donors (Lipinski definition) is 1. The van der Waals surface area contributed by atoms with Gasteiger partial charge >= 0.3 is 0 Å². The van der Waals surface area contributed by atoms with Gasteiger partial charge in [0.1, 0.15) is 17.1 Å². The van der Waals surface area contributed by atoms with E-state index in [4.69, 9.17) is 4.74 Å². The summed E-state index contributed by atoms with van der Waals surface area (Å²) < 4.78 is 5.84. The lowest BCUT2D eigenvalue weighted by molar-refractivity contribution is -0.113. The van der Waals surface area contributed by atoms with Gasteiger partial charge in [0.25, 0.3) is 5.91 Å². The van der Waals surface area contributed by atoms with Gasteiger partial charge in [-0.15, -0.1) is 11.3 Å². The van der Waals surface area contributed by atoms with Gasteiger partial charge in [-0.2, -0.15) is 10.3 Å². The van der Waals surface area contributed by atoms with Crippen LogP contribution in [0.2, 0.25) is 0 Å². The molecule has 0 aromatic carbocycles. The lowest BCUT2D eigenvalue weighted by atomic mass is 10.2. The lowest BCUT2D eigenvalue weighted by Gasteiger charge is -2.13. The molecule has 0 bridgehead atoms. The number of thiophene rings is 1. The first-order valence-electron chi connectivity index (χ1n) is 9.60. The number of carbonyl (C=O) groups excluding carboxylic acids is 1. The van der Waals surface area contributed by atoms with Crippen LogP contribution in [-0.4, -0.2) is 27.1 Å². The molecule has 1 aliphatic heterocycles. The summed E-state index contributed by atoms with van der Waals surface area (Å²) in [5.41, 5.74) is 3.22. The second-order valence-corrected chi connectivity index (χ2v) is 9.13. The molecule has 3 aromatic heterocycles. The molecule has 0 aliphatic carbocycles. The molecule has 1 aliphatic rings. The van der Waals surface area contributed by atoms with Crippen molar-refractivity contribution in [1.82, 2.24) is 15.3 Å². The van der Waals surface area contributed by atoms with Crippen LogP contribution in [-0.2, 0) is 11.3 Å². The van der Waals surface area contributed by atoms with E-state index in [1.807, 2.05) is 19.2 Å². The lowest BCUT2D eigenvalue weighted by Crippen LogP contribution is -2.17. The van der Waals surface area contributed by atoms with E-state index in [2.05, 4.69) is 39.3 Å². The molecule has 156 valence electrons. The van der Waals surface area contributed by atoms with Crippen molar-refractivity contribution >= 4 is 51.3 Å². The van der Waals surface area contributed by atoms with Crippen LogP contribution in [0, 0.1) is 18.3 Å². The molecule has 0 radical (unpaired) electrons. The van der Waals surface area contributed by atoms with Crippen molar-refractivity contribution in [3.63, 3.8) is 0 Å². The summed E-state index contributed by atoms with van der Waals surface area (Å²) in [7, 11) is 0. The van der Waals surface area contributed by atoms with E-state index in [-0.39, 0.29) is 12.0 Å². The normalized spacial score (nSPS) is 14.9. The summed E-state index contributed by atoms with van der Waals surface area (Å²) in [6.45, 7) is 6.46. The number of amides is 1. The largest absolute Gasteiger partial charge is 0.487 e. The number of thioether (sulfide) groups is 1. The molecule has 0 saturated heterocycles. The van der Waals surface area contributed by atoms with Gasteiger partial charge in [-0.25, -0.2) is 4.98 Å². The van der Waals surface area contributed by atoms with E-state index in [9.17, 15) is 10.1 Å². The van der Waals surface area contributed by atoms with Crippen molar-refractivity contribution in [3.05, 3.63) is 56.4 Å². The fraction of sp³-hybridized carbons (Fsp3) is 0.227. The summed E-state index contributed by atoms with van der Waals surface area (Å²) in [5.74, 6) is 0.0953. The van der Waals surface area contributed by atoms with Gasteiger partial charge in [-0.05, 0) is 67.8 Å². The van der Waals surface area contributed by atoms with Crippen LogP contribution in [0.5, 0.6) is 5.75 Å². The summed E-state index contributed by atoms with van der Waals surface area (Å²) >= 11 is 2.95. The number of aromatic nitrogens is 2. The van der Waals surface area contributed by atoms with Crippen LogP contribution >= 0.6 is 23.1 Å². The second-order valence-electron chi connectivity index (χ2n) is 7.10. The molecule has 0 unspecified atom stereocenters. The molecule has 0 saturated carbocycles. The van der Waals surface area contributed by atoms with Crippen molar-refractivity contribution < 1.29 is 9.53 Å². The number of pyridine rings is 2. The van der Waals surface area contributed by atoms with Gasteiger partial charge in [0.2, 0.25) is 0 Å². The van der Waals surface area contributed by atoms with E-state index >= 15 is 0 Å². The zero-order chi connectivity index (χ0) is 22.0. The monoisotopic (exact) mass is 449 g/mol. The molecule has 9 heteroatoms. The van der Waals surface area contributed by atoms with Crippen molar-refractivity contribution in [2.24, 2.45) is 4.99 Å². The Labute approximate surface area is 187 Å². The van der Waals surface area contributed by atoms with Crippen LogP contribution in [0.25, 0.3) is 17.1 Å². The molecule has 4 rings (SSSR count). The Bertz CT molecular complexity index is 1270. The van der Waals surface area contributed by atoms with E-state index in [1.54, 1.807) is 29.5 Å². The second kappa shape index (κ2) is 8.88. The molecule has 1 amide bonds. The highest BCUT2D eigenvalue weighted by molar-refractivity contribution is 8.18. The minimum absolute atomic E-state index is 0.123. The quantitative estimate of drug-likeness (QED) is 0.576. The van der Waals surface area contributed by atoms with Crippen LogP contribution < -0.4 is 10.1 Å². The fourth-order valence-corrected chi connectivity index (χ4v) is 4.57. The van der Waals surface area contributed by atoms with E-state index in [1.165, 1.54) is 28.4 Å². The molecule has 0 spiro atoms. The highest BCUT2D eigenvalue weighted by Gasteiger charge is 2.22. The average molecular weight is 450 g/mol. The number of aryl methyl sites for hydroxylation is 1. The molecule has 31 heavy (non-hydrogen) atoms. The van der Waals surface area contributed by atoms with Gasteiger partial charge in [-0.1, -0.05) is 0 Å². The van der Waals surface area contributed by atoms with Crippen LogP contribution in [0.15, 0.2) is 39.7 Å². The van der Waals surface area contributed by atoms with Crippen LogP contribution in [0.1, 0.15) is 35.5 Å². The van der Waals surface area contributed by atoms with Gasteiger partial charge in [-0.3, -0.25) is 9.78 Å². The van der Waals surface area contributed by atoms with Gasteiger partial charge < -0.3 is 10.1 Å². The maximum absolute atomic E-state index is 12.4. The maximum Gasteiger partial charge on any atom is 0.286 e. The predicted octanol–water partition coefficient (Wildman–Crippen LogP) is 4.42. The summed E-state index contributed by atoms with van der Waals surface area (Å²) in [5, 5.41) is 15.2. The number of fused-ring (bicyclic) bond motifs is 1. The summed E-state index contributed by atoms with van der Waals surface area (Å²) in [4.78, 5) is 27.1. The standard InChI is InChI=1S/C22H19N5O2S2/c1-12(2)29-20-14(9-23)10-24-16-5-4-15(26-19(16)20)8-17-21(28)27-22(31-17)25-11-18-13(3)6-7-30-18/h4-8,10,12H,11H2,1-3H3,(H,25,27,28)/b17-8+. The molecular formula is C22H19N5O2S2. The highest BCUT2D eigenvalue weighted by atomic mass is 32.2. The van der Waals surface area contributed by atoms with Gasteiger partial charge in [0.15, 0.2) is 10.9 Å². The summed E-state index contributed by atoms with van der Waals surface area (Å²) in [6, 6.07) is 7.75. The van der Waals surface area contributed by atoms with E-state index in [0.717, 1.165) is 0 Å². The number of nitrogens with zero attached hydrogens (tertiary/aromatic N) is 4. The number of hydrogen-bond acceptors (Lipinski definition) is 8. The number of carbonyl (C=O) groups is 1. The number of nitriles is 1. The molecule has 1 N–H and O–H groups in total. The molecule has 0 fully saturated rings. The average Bonchev–Trinajstić information content (AvgIpc) is 3.31. The smallest absolute Gasteiger partial charge is 0.286 e. The topological polar surface area (TPSA) is 100 Å². The number of amidine groups is 1. The highest BCUT2D eigenvalue weighted by Crippen LogP contribution is 2.31. The van der Waals surface area contributed by atoms with Crippen molar-refractivity contribution in [1.29, 1.82) is 5.26 Å². The Morgan fingerprint density at radius 2 is 2.16 bits per heavy atom. The minimum Gasteiger partial charge on any atom is -0.487 e. The fourth-order valence-electron chi connectivity index (χ4n) is 2.93. The van der Waals surface area contributed by atoms with Crippen molar-refractivity contribution in [2.45, 2.75) is 33.4 Å². The number of rotatable bonds is 5. The maximum atomic E-state index is 12.4. The van der Waals surface area contributed by atoms with E-state index < -0.39 is 0 Å². The van der Waals surface area contributed by atoms with Gasteiger partial charge in [0.05, 0.1) is 28.8 Å². The molecule has 4 heterocycles. The Morgan fingerprint density at radius 3 is 2.87 bits per heavy atom. The zero-order valence-corrected chi connectivity index (χ0v) is 18.8. The Morgan fingerprint density at radius 1 is 1.32 bits per heavy atom. The Hall–Kier alpha value is -3.22. The first-order valence-corrected chi connectivity index (χ1v) is 11.3. The van der Waals surface area contributed by atoms with Crippen molar-refractivity contribution in [3.8, 4) is 11.8 Å². The SMILES string of the molecule is Cc1ccsc1CNC1=NC(=O)/C(=C\c2ccc3ncc(C#N)c(OC(C)C)c3n2)S1. The molecular weight excluding hydrogens is 430 g/mol. The zero-order valence-electron chi connectivity index (χ0n) is 17.2. The number of ether oxygens (including phenoxy) is 1. The number of aliphatic imine (C=N–C) groups is 1. The summed E-state index contributed by atoms with van der Waals surface area (Å²) in [6.07, 6.45) is 3.05. The minimum atomic E-state index is -0.306. The number of nitrogens with one attached hydrogen (secondary N) is 1. The third-order valence-electron chi connectivity index (χ3n) is 4.43. The first-order chi connectivity index (χ1) is 14.9. The third kappa shape index (κ3) is 4.60. The van der Waals surface area contributed by atoms with Crippen LogP contribution in [0.3, 0.4) is 0 Å². The third-order valence-corrected chi connectivity index (χ3v) is 6.39. The molecule has 7 nitrogen and oxygen atoms in total.